The second-order valence-corrected chi connectivity index (χ2v) is 15.0. The largest absolute Gasteiger partial charge is 0.394 e. The highest BCUT2D eigenvalue weighted by atomic mass is 16.3. The van der Waals surface area contributed by atoms with Gasteiger partial charge < -0.3 is 20.6 Å². The van der Waals surface area contributed by atoms with Crippen molar-refractivity contribution in [1.82, 2.24) is 5.32 Å². The van der Waals surface area contributed by atoms with E-state index in [1.807, 2.05) is 0 Å². The van der Waals surface area contributed by atoms with Gasteiger partial charge in [-0.15, -0.1) is 0 Å². The second-order valence-electron chi connectivity index (χ2n) is 15.0. The number of unbranched alkanes of at least 4 members (excludes halogenated alkanes) is 27. The van der Waals surface area contributed by atoms with Crippen molar-refractivity contribution in [3.8, 4) is 0 Å². The fraction of sp³-hybridized carbons (Fsp3) is 0.976. The molecule has 0 aliphatic carbocycles. The molecule has 0 saturated carbocycles. The lowest BCUT2D eigenvalue weighted by Crippen LogP contribution is -2.50. The van der Waals surface area contributed by atoms with Crippen molar-refractivity contribution in [3.63, 3.8) is 0 Å². The van der Waals surface area contributed by atoms with Gasteiger partial charge in [0.05, 0.1) is 18.8 Å². The molecule has 0 rings (SSSR count). The molecule has 0 aromatic rings. The van der Waals surface area contributed by atoms with Crippen molar-refractivity contribution in [2.45, 2.75) is 244 Å². The van der Waals surface area contributed by atoms with E-state index in [1.165, 1.54) is 154 Å². The van der Waals surface area contributed by atoms with Gasteiger partial charge in [-0.3, -0.25) is 4.79 Å². The fourth-order valence-corrected chi connectivity index (χ4v) is 6.64. The lowest BCUT2D eigenvalue weighted by atomic mass is 9.99. The first-order valence-electron chi connectivity index (χ1n) is 20.7. The maximum absolute atomic E-state index is 12.4. The molecule has 276 valence electrons. The Morgan fingerprint density at radius 1 is 0.500 bits per heavy atom. The number of carbonyl (C=O) groups excluding carboxylic acids is 1. The van der Waals surface area contributed by atoms with Gasteiger partial charge in [0.1, 0.15) is 6.10 Å². The Bertz CT molecular complexity index is 613. The van der Waals surface area contributed by atoms with E-state index in [4.69, 9.17) is 0 Å². The third-order valence-corrected chi connectivity index (χ3v) is 9.89. The average molecular weight is 654 g/mol. The van der Waals surface area contributed by atoms with Gasteiger partial charge in [-0.05, 0) is 18.8 Å². The molecule has 46 heavy (non-hydrogen) atoms. The van der Waals surface area contributed by atoms with Gasteiger partial charge in [-0.25, -0.2) is 0 Å². The summed E-state index contributed by atoms with van der Waals surface area (Å²) in [4.78, 5) is 12.4. The Kier molecular flexibility index (Phi) is 35.1. The minimum absolute atomic E-state index is 0.142. The average Bonchev–Trinajstić information content (AvgIpc) is 3.04. The van der Waals surface area contributed by atoms with Crippen molar-refractivity contribution in [1.29, 1.82) is 0 Å². The number of aliphatic hydroxyl groups is 3. The van der Waals surface area contributed by atoms with E-state index in [0.29, 0.717) is 12.8 Å². The maximum atomic E-state index is 12.4. The van der Waals surface area contributed by atoms with Gasteiger partial charge in [-0.2, -0.15) is 0 Å². The van der Waals surface area contributed by atoms with E-state index >= 15 is 0 Å². The fourth-order valence-electron chi connectivity index (χ4n) is 6.64. The Labute approximate surface area is 287 Å². The number of aliphatic hydroxyl groups excluding tert-OH is 3. The first-order valence-corrected chi connectivity index (χ1v) is 20.7. The first kappa shape index (κ1) is 45.3. The number of hydrogen-bond acceptors (Lipinski definition) is 4. The van der Waals surface area contributed by atoms with E-state index in [9.17, 15) is 20.1 Å². The van der Waals surface area contributed by atoms with E-state index < -0.39 is 18.2 Å². The highest BCUT2D eigenvalue weighted by molar-refractivity contribution is 5.76. The molecule has 0 saturated heterocycles. The van der Waals surface area contributed by atoms with Gasteiger partial charge in [-0.1, -0.05) is 207 Å². The summed E-state index contributed by atoms with van der Waals surface area (Å²) < 4.78 is 0. The topological polar surface area (TPSA) is 89.8 Å². The third-order valence-electron chi connectivity index (χ3n) is 9.89. The molecule has 0 aromatic carbocycles. The van der Waals surface area contributed by atoms with Crippen LogP contribution in [0.3, 0.4) is 0 Å². The van der Waals surface area contributed by atoms with Crippen LogP contribution in [0.5, 0.6) is 0 Å². The maximum Gasteiger partial charge on any atom is 0.220 e. The smallest absolute Gasteiger partial charge is 0.220 e. The minimum atomic E-state index is -1.13. The number of hydrogen-bond donors (Lipinski definition) is 4. The molecule has 0 aliphatic heterocycles. The number of nitrogens with one attached hydrogen (secondary N) is 1. The first-order chi connectivity index (χ1) is 22.4. The summed E-state index contributed by atoms with van der Waals surface area (Å²) in [5.74, 6) is 0.662. The predicted molar refractivity (Wildman–Crippen MR) is 199 cm³/mol. The Morgan fingerprint density at radius 3 is 1.17 bits per heavy atom. The van der Waals surface area contributed by atoms with Crippen LogP contribution in [0.4, 0.5) is 0 Å². The molecule has 0 fully saturated rings. The molecule has 1 amide bonds. The lowest BCUT2D eigenvalue weighted by Gasteiger charge is -2.26. The van der Waals surface area contributed by atoms with Crippen LogP contribution in [0.1, 0.15) is 226 Å². The Morgan fingerprint density at radius 2 is 0.826 bits per heavy atom. The zero-order chi connectivity index (χ0) is 33.9. The quantitative estimate of drug-likeness (QED) is 0.0502. The standard InChI is InChI=1S/C41H83NO4/c1-4-5-6-7-8-9-10-11-12-13-14-15-16-17-18-19-20-21-26-29-32-35-40(45)42-38(36-43)41(46)39(44)34-31-28-25-23-22-24-27-30-33-37(2)3/h37-39,41,43-44,46H,4-36H2,1-3H3,(H,42,45)/t38-,39+,41-/m0/s1. The van der Waals surface area contributed by atoms with Crippen LogP contribution in [0.2, 0.25) is 0 Å². The summed E-state index contributed by atoms with van der Waals surface area (Å²) >= 11 is 0. The molecule has 0 spiro atoms. The van der Waals surface area contributed by atoms with Crippen molar-refractivity contribution < 1.29 is 20.1 Å². The molecule has 0 aliphatic rings. The van der Waals surface area contributed by atoms with Crippen LogP contribution in [0.15, 0.2) is 0 Å². The van der Waals surface area contributed by atoms with Gasteiger partial charge in [0.2, 0.25) is 5.91 Å². The monoisotopic (exact) mass is 654 g/mol. The van der Waals surface area contributed by atoms with Crippen molar-refractivity contribution >= 4 is 5.91 Å². The highest BCUT2D eigenvalue weighted by Gasteiger charge is 2.26. The second kappa shape index (κ2) is 35.7. The number of carbonyl (C=O) groups is 1. The van der Waals surface area contributed by atoms with E-state index in [0.717, 1.165) is 44.4 Å². The van der Waals surface area contributed by atoms with Crippen LogP contribution < -0.4 is 5.32 Å². The van der Waals surface area contributed by atoms with Crippen LogP contribution in [-0.2, 0) is 4.79 Å². The molecule has 0 aromatic heterocycles. The Hall–Kier alpha value is -0.650. The van der Waals surface area contributed by atoms with Crippen molar-refractivity contribution in [2.24, 2.45) is 5.92 Å². The number of rotatable bonds is 37. The molecule has 5 nitrogen and oxygen atoms in total. The van der Waals surface area contributed by atoms with Gasteiger partial charge in [0.25, 0.3) is 0 Å². The number of amides is 1. The van der Waals surface area contributed by atoms with Crippen LogP contribution in [0, 0.1) is 5.92 Å². The lowest BCUT2D eigenvalue weighted by molar-refractivity contribution is -0.124. The summed E-state index contributed by atoms with van der Waals surface area (Å²) in [5.41, 5.74) is 0. The SMILES string of the molecule is CCCCCCCCCCCCCCCCCCCCCCCC(=O)N[C@@H](CO)[C@H](O)[C@H](O)CCCCCCCCCCC(C)C. The predicted octanol–water partition coefficient (Wildman–Crippen LogP) is 11.3. The summed E-state index contributed by atoms with van der Waals surface area (Å²) in [7, 11) is 0. The highest BCUT2D eigenvalue weighted by Crippen LogP contribution is 2.17. The van der Waals surface area contributed by atoms with Crippen LogP contribution >= 0.6 is 0 Å². The van der Waals surface area contributed by atoms with E-state index in [2.05, 4.69) is 26.1 Å². The molecule has 4 N–H and O–H groups in total. The molecule has 3 atom stereocenters. The molecule has 5 heteroatoms. The molecule has 0 bridgehead atoms. The van der Waals surface area contributed by atoms with Crippen LogP contribution in [-0.4, -0.2) is 46.1 Å². The molecular formula is C41H83NO4. The molecular weight excluding hydrogens is 570 g/mol. The molecule has 0 radical (unpaired) electrons. The van der Waals surface area contributed by atoms with Gasteiger partial charge in [0, 0.05) is 6.42 Å². The zero-order valence-corrected chi connectivity index (χ0v) is 31.4. The van der Waals surface area contributed by atoms with Gasteiger partial charge in [0.15, 0.2) is 0 Å². The molecule has 0 unspecified atom stereocenters. The minimum Gasteiger partial charge on any atom is -0.394 e. The normalized spacial score (nSPS) is 13.7. The summed E-state index contributed by atoms with van der Waals surface area (Å²) in [6.45, 7) is 6.49. The van der Waals surface area contributed by atoms with Gasteiger partial charge >= 0.3 is 0 Å². The summed E-state index contributed by atoms with van der Waals surface area (Å²) in [6.07, 6.45) is 37.9. The third kappa shape index (κ3) is 31.9. The molecule has 0 heterocycles. The van der Waals surface area contributed by atoms with Crippen molar-refractivity contribution in [3.05, 3.63) is 0 Å². The Balaban J connectivity index is 3.57. The summed E-state index contributed by atoms with van der Waals surface area (Å²) in [5, 5.41) is 33.4. The summed E-state index contributed by atoms with van der Waals surface area (Å²) in [6, 6.07) is -0.803. The van der Waals surface area contributed by atoms with Crippen molar-refractivity contribution in [2.75, 3.05) is 6.61 Å². The van der Waals surface area contributed by atoms with E-state index in [1.54, 1.807) is 0 Å². The van der Waals surface area contributed by atoms with Crippen LogP contribution in [0.25, 0.3) is 0 Å². The zero-order valence-electron chi connectivity index (χ0n) is 31.4. The van der Waals surface area contributed by atoms with E-state index in [-0.39, 0.29) is 12.5 Å².